The van der Waals surface area contributed by atoms with Crippen LogP contribution in [0.4, 0.5) is 10.1 Å². The van der Waals surface area contributed by atoms with Crippen LogP contribution >= 0.6 is 11.6 Å². The Bertz CT molecular complexity index is 770. The molecule has 0 aliphatic carbocycles. The number of amides is 2. The zero-order valence-corrected chi connectivity index (χ0v) is 12.9. The number of halogens is 2. The molecule has 2 aromatic rings. The highest BCUT2D eigenvalue weighted by atomic mass is 35.5. The van der Waals surface area contributed by atoms with E-state index in [1.807, 2.05) is 0 Å². The molecular formula is C14H12ClFN4O3. The van der Waals surface area contributed by atoms with E-state index in [9.17, 15) is 14.0 Å². The number of hydrogen-bond donors (Lipinski definition) is 2. The summed E-state index contributed by atoms with van der Waals surface area (Å²) in [5, 5.41) is 11.9. The molecule has 7 nitrogen and oxygen atoms in total. The van der Waals surface area contributed by atoms with Crippen LogP contribution in [0.3, 0.4) is 0 Å². The normalized spacial score (nSPS) is 10.1. The van der Waals surface area contributed by atoms with E-state index in [1.54, 1.807) is 0 Å². The molecule has 0 unspecified atom stereocenters. The highest BCUT2D eigenvalue weighted by Crippen LogP contribution is 2.24. The number of nitrogens with zero attached hydrogens (tertiary/aromatic N) is 2. The third-order valence-corrected chi connectivity index (χ3v) is 3.06. The van der Waals surface area contributed by atoms with Crippen LogP contribution < -0.4 is 15.4 Å². The summed E-state index contributed by atoms with van der Waals surface area (Å²) in [6.07, 6.45) is 0. The van der Waals surface area contributed by atoms with Gasteiger partial charge in [-0.05, 0) is 12.1 Å². The van der Waals surface area contributed by atoms with Crippen LogP contribution in [0.25, 0.3) is 0 Å². The van der Waals surface area contributed by atoms with Crippen molar-refractivity contribution in [3.05, 3.63) is 46.5 Å². The highest BCUT2D eigenvalue weighted by molar-refractivity contribution is 6.29. The molecule has 120 valence electrons. The van der Waals surface area contributed by atoms with Crippen LogP contribution in [0, 0.1) is 5.82 Å². The summed E-state index contributed by atoms with van der Waals surface area (Å²) in [6.45, 7) is 0. The fourth-order valence-corrected chi connectivity index (χ4v) is 1.98. The number of aromatic nitrogens is 2. The third-order valence-electron chi connectivity index (χ3n) is 2.88. The predicted octanol–water partition coefficient (Wildman–Crippen LogP) is 1.89. The molecule has 0 aliphatic heterocycles. The maximum absolute atomic E-state index is 13.9. The third kappa shape index (κ3) is 3.54. The summed E-state index contributed by atoms with van der Waals surface area (Å²) in [5.41, 5.74) is -0.453. The van der Waals surface area contributed by atoms with Crippen molar-refractivity contribution in [3.8, 4) is 5.75 Å². The first-order chi connectivity index (χ1) is 11.0. The first kappa shape index (κ1) is 16.6. The average Bonchev–Trinajstić information content (AvgIpc) is 2.53. The largest absolute Gasteiger partial charge is 0.496 e. The number of ether oxygens (including phenoxy) is 1. The lowest BCUT2D eigenvalue weighted by Gasteiger charge is -2.12. The van der Waals surface area contributed by atoms with Crippen LogP contribution in [0.2, 0.25) is 5.15 Å². The Morgan fingerprint density at radius 1 is 1.26 bits per heavy atom. The number of carbonyl (C=O) groups excluding carboxylic acids is 2. The summed E-state index contributed by atoms with van der Waals surface area (Å²) < 4.78 is 18.9. The molecule has 1 aromatic carbocycles. The van der Waals surface area contributed by atoms with Gasteiger partial charge in [-0.25, -0.2) is 4.39 Å². The zero-order chi connectivity index (χ0) is 17.0. The summed E-state index contributed by atoms with van der Waals surface area (Å²) >= 11 is 5.73. The molecule has 0 atom stereocenters. The molecule has 0 saturated carbocycles. The van der Waals surface area contributed by atoms with Crippen LogP contribution in [0.5, 0.6) is 5.75 Å². The summed E-state index contributed by atoms with van der Waals surface area (Å²) in [5.74, 6) is -2.10. The van der Waals surface area contributed by atoms with Gasteiger partial charge in [0.2, 0.25) is 0 Å². The minimum atomic E-state index is -0.811. The number of anilines is 1. The Morgan fingerprint density at radius 3 is 2.65 bits per heavy atom. The first-order valence-electron chi connectivity index (χ1n) is 6.37. The van der Waals surface area contributed by atoms with Crippen LogP contribution in [-0.4, -0.2) is 36.2 Å². The lowest BCUT2D eigenvalue weighted by atomic mass is 10.1. The van der Waals surface area contributed by atoms with Crippen molar-refractivity contribution >= 4 is 29.1 Å². The molecule has 0 aliphatic rings. The molecule has 2 N–H and O–H groups in total. The van der Waals surface area contributed by atoms with Crippen molar-refractivity contribution in [2.75, 3.05) is 19.5 Å². The molecular weight excluding hydrogens is 327 g/mol. The predicted molar refractivity (Wildman–Crippen MR) is 81.3 cm³/mol. The second-order valence-corrected chi connectivity index (χ2v) is 4.67. The van der Waals surface area contributed by atoms with Crippen molar-refractivity contribution in [3.63, 3.8) is 0 Å². The number of carbonyl (C=O) groups is 2. The molecule has 1 heterocycles. The number of benzene rings is 1. The van der Waals surface area contributed by atoms with Crippen molar-refractivity contribution in [2.45, 2.75) is 0 Å². The SMILES string of the molecule is CNC(=O)c1nnc(Cl)cc1NC(=O)c1c(F)cccc1OC. The molecule has 0 spiro atoms. The Balaban J connectivity index is 2.42. The Morgan fingerprint density at radius 2 is 2.00 bits per heavy atom. The average molecular weight is 339 g/mol. The van der Waals surface area contributed by atoms with Gasteiger partial charge in [0.05, 0.1) is 12.8 Å². The van der Waals surface area contributed by atoms with Gasteiger partial charge in [-0.15, -0.1) is 10.2 Å². The van der Waals surface area contributed by atoms with E-state index in [2.05, 4.69) is 20.8 Å². The van der Waals surface area contributed by atoms with E-state index in [1.165, 1.54) is 32.4 Å². The van der Waals surface area contributed by atoms with E-state index in [0.29, 0.717) is 0 Å². The van der Waals surface area contributed by atoms with Gasteiger partial charge in [0.1, 0.15) is 17.1 Å². The van der Waals surface area contributed by atoms with E-state index < -0.39 is 17.6 Å². The van der Waals surface area contributed by atoms with Gasteiger partial charge in [-0.1, -0.05) is 17.7 Å². The van der Waals surface area contributed by atoms with Crippen LogP contribution in [-0.2, 0) is 0 Å². The number of methoxy groups -OCH3 is 1. The summed E-state index contributed by atoms with van der Waals surface area (Å²) in [4.78, 5) is 24.1. The number of rotatable bonds is 4. The summed E-state index contributed by atoms with van der Waals surface area (Å²) in [6, 6.07) is 5.21. The molecule has 9 heteroatoms. The Labute approximate surface area is 135 Å². The first-order valence-corrected chi connectivity index (χ1v) is 6.75. The van der Waals surface area contributed by atoms with E-state index in [-0.39, 0.29) is 27.8 Å². The van der Waals surface area contributed by atoms with Gasteiger partial charge in [-0.2, -0.15) is 0 Å². The summed E-state index contributed by atoms with van der Waals surface area (Å²) in [7, 11) is 2.70. The maximum Gasteiger partial charge on any atom is 0.273 e. The molecule has 0 saturated heterocycles. The molecule has 23 heavy (non-hydrogen) atoms. The maximum atomic E-state index is 13.9. The van der Waals surface area contributed by atoms with Gasteiger partial charge in [0, 0.05) is 13.1 Å². The monoisotopic (exact) mass is 338 g/mol. The minimum absolute atomic E-state index is 0.000318. The van der Waals surface area contributed by atoms with E-state index in [4.69, 9.17) is 16.3 Å². The lowest BCUT2D eigenvalue weighted by Crippen LogP contribution is -2.24. The van der Waals surface area contributed by atoms with Crippen molar-refractivity contribution in [2.24, 2.45) is 0 Å². The van der Waals surface area contributed by atoms with Crippen LogP contribution in [0.15, 0.2) is 24.3 Å². The molecule has 0 radical (unpaired) electrons. The Hall–Kier alpha value is -2.74. The number of hydrogen-bond acceptors (Lipinski definition) is 5. The molecule has 0 bridgehead atoms. The van der Waals surface area contributed by atoms with Gasteiger partial charge in [0.25, 0.3) is 11.8 Å². The molecule has 2 rings (SSSR count). The number of nitrogens with one attached hydrogen (secondary N) is 2. The van der Waals surface area contributed by atoms with E-state index in [0.717, 1.165) is 6.07 Å². The van der Waals surface area contributed by atoms with Crippen molar-refractivity contribution in [1.82, 2.24) is 15.5 Å². The van der Waals surface area contributed by atoms with Gasteiger partial charge >= 0.3 is 0 Å². The second kappa shape index (κ2) is 7.01. The fraction of sp³-hybridized carbons (Fsp3) is 0.143. The van der Waals surface area contributed by atoms with E-state index >= 15 is 0 Å². The topological polar surface area (TPSA) is 93.2 Å². The molecule has 2 amide bonds. The van der Waals surface area contributed by atoms with Crippen molar-refractivity contribution < 1.29 is 18.7 Å². The quantitative estimate of drug-likeness (QED) is 0.888. The zero-order valence-electron chi connectivity index (χ0n) is 12.2. The smallest absolute Gasteiger partial charge is 0.273 e. The van der Waals surface area contributed by atoms with Crippen LogP contribution in [0.1, 0.15) is 20.8 Å². The van der Waals surface area contributed by atoms with Gasteiger partial charge < -0.3 is 15.4 Å². The molecule has 1 aromatic heterocycles. The highest BCUT2D eigenvalue weighted by Gasteiger charge is 2.21. The standard InChI is InChI=1S/C14H12ClFN4O3/c1-17-14(22)12-8(6-10(15)19-20-12)18-13(21)11-7(16)4-3-5-9(11)23-2/h3-6H,1-2H3,(H,17,22)(H,18,19,21). The van der Waals surface area contributed by atoms with Gasteiger partial charge in [-0.3, -0.25) is 9.59 Å². The van der Waals surface area contributed by atoms with Crippen molar-refractivity contribution in [1.29, 1.82) is 0 Å². The Kier molecular flexibility index (Phi) is 5.07. The molecule has 0 fully saturated rings. The lowest BCUT2D eigenvalue weighted by molar-refractivity contribution is 0.0958. The fourth-order valence-electron chi connectivity index (χ4n) is 1.83. The minimum Gasteiger partial charge on any atom is -0.496 e. The van der Waals surface area contributed by atoms with Gasteiger partial charge in [0.15, 0.2) is 10.8 Å². The second-order valence-electron chi connectivity index (χ2n) is 4.28.